The highest BCUT2D eigenvalue weighted by molar-refractivity contribution is 6.51. The van der Waals surface area contributed by atoms with Gasteiger partial charge in [-0.2, -0.15) is 0 Å². The third-order valence-corrected chi connectivity index (χ3v) is 5.79. The van der Waals surface area contributed by atoms with Gasteiger partial charge in [-0.15, -0.1) is 0 Å². The normalized spacial score (nSPS) is 17.1. The second-order valence-electron chi connectivity index (χ2n) is 7.63. The average molecular weight is 477 g/mol. The van der Waals surface area contributed by atoms with E-state index < -0.39 is 28.4 Å². The van der Waals surface area contributed by atoms with Crippen LogP contribution in [0.5, 0.6) is 0 Å². The zero-order valence-corrected chi connectivity index (χ0v) is 18.5. The Balaban J connectivity index is 1.91. The van der Waals surface area contributed by atoms with Crippen molar-refractivity contribution in [1.82, 2.24) is 0 Å². The number of nitrogens with zero attached hydrogens (tertiary/aromatic N) is 2. The smallest absolute Gasteiger partial charge is 0.300 e. The Kier molecular flexibility index (Phi) is 6.00. The molecule has 1 amide bonds. The van der Waals surface area contributed by atoms with Crippen molar-refractivity contribution in [3.8, 4) is 0 Å². The first-order valence-electron chi connectivity index (χ1n) is 10.1. The van der Waals surface area contributed by atoms with Crippen LogP contribution in [0.2, 0.25) is 5.02 Å². The Morgan fingerprint density at radius 3 is 2.03 bits per heavy atom. The van der Waals surface area contributed by atoms with Crippen LogP contribution in [0.15, 0.2) is 78.4 Å². The highest BCUT2D eigenvalue weighted by Crippen LogP contribution is 2.42. The maximum absolute atomic E-state index is 13.1. The Morgan fingerprint density at radius 1 is 0.941 bits per heavy atom. The quantitative estimate of drug-likeness (QED) is 0.137. The number of ketones is 2. The van der Waals surface area contributed by atoms with Crippen LogP contribution in [0.25, 0.3) is 5.76 Å². The molecule has 3 aromatic carbocycles. The first-order chi connectivity index (χ1) is 16.2. The number of aliphatic hydroxyl groups is 1. The van der Waals surface area contributed by atoms with Crippen LogP contribution >= 0.6 is 11.6 Å². The Hall–Kier alpha value is -4.30. The van der Waals surface area contributed by atoms with E-state index in [1.165, 1.54) is 84.6 Å². The SMILES string of the molecule is CC(=O)c1ccc(N2C(=O)C(=O)C(=C(O)c3ccc(Cl)cc3)[C@H]2c2ccc([N+](=O)[O-])cc2)cc1. The summed E-state index contributed by atoms with van der Waals surface area (Å²) in [5.41, 5.74) is 1.08. The number of nitro groups is 1. The number of aliphatic hydroxyl groups excluding tert-OH is 1. The molecule has 1 fully saturated rings. The van der Waals surface area contributed by atoms with Gasteiger partial charge in [-0.25, -0.2) is 0 Å². The second kappa shape index (κ2) is 8.92. The summed E-state index contributed by atoms with van der Waals surface area (Å²) in [5.74, 6) is -2.36. The van der Waals surface area contributed by atoms with E-state index in [2.05, 4.69) is 0 Å². The number of carbonyl (C=O) groups is 3. The first kappa shape index (κ1) is 22.9. The number of hydrogen-bond donors (Lipinski definition) is 1. The predicted molar refractivity (Wildman–Crippen MR) is 126 cm³/mol. The van der Waals surface area contributed by atoms with Crippen molar-refractivity contribution < 1.29 is 24.4 Å². The number of Topliss-reactive ketones (excluding diaryl/α,β-unsaturated/α-hetero) is 2. The molecule has 1 saturated heterocycles. The lowest BCUT2D eigenvalue weighted by Gasteiger charge is -2.25. The van der Waals surface area contributed by atoms with Gasteiger partial charge < -0.3 is 5.11 Å². The Bertz CT molecular complexity index is 1350. The van der Waals surface area contributed by atoms with Gasteiger partial charge >= 0.3 is 0 Å². The molecule has 170 valence electrons. The first-order valence-corrected chi connectivity index (χ1v) is 10.5. The van der Waals surface area contributed by atoms with Crippen LogP contribution < -0.4 is 4.90 Å². The fraction of sp³-hybridized carbons (Fsp3) is 0.0800. The molecule has 1 N–H and O–H groups in total. The molecule has 34 heavy (non-hydrogen) atoms. The number of carbonyl (C=O) groups excluding carboxylic acids is 3. The molecule has 0 radical (unpaired) electrons. The lowest BCUT2D eigenvalue weighted by Crippen LogP contribution is -2.29. The number of halogens is 1. The van der Waals surface area contributed by atoms with Crippen molar-refractivity contribution in [2.75, 3.05) is 4.90 Å². The summed E-state index contributed by atoms with van der Waals surface area (Å²) < 4.78 is 0. The number of nitro benzene ring substituents is 1. The van der Waals surface area contributed by atoms with E-state index in [0.29, 0.717) is 21.8 Å². The summed E-state index contributed by atoms with van der Waals surface area (Å²) in [7, 11) is 0. The van der Waals surface area contributed by atoms with E-state index in [1.54, 1.807) is 0 Å². The van der Waals surface area contributed by atoms with Gasteiger partial charge in [-0.3, -0.25) is 29.4 Å². The highest BCUT2D eigenvalue weighted by Gasteiger charge is 2.47. The molecular formula is C25H17ClN2O6. The average Bonchev–Trinajstić information content (AvgIpc) is 3.09. The van der Waals surface area contributed by atoms with Gasteiger partial charge in [-0.1, -0.05) is 11.6 Å². The zero-order chi connectivity index (χ0) is 24.6. The minimum atomic E-state index is -1.06. The number of hydrogen-bond acceptors (Lipinski definition) is 6. The molecule has 0 bridgehead atoms. The number of anilines is 1. The second-order valence-corrected chi connectivity index (χ2v) is 8.06. The van der Waals surface area contributed by atoms with Crippen LogP contribution in [0.3, 0.4) is 0 Å². The zero-order valence-electron chi connectivity index (χ0n) is 17.8. The van der Waals surface area contributed by atoms with Crippen LogP contribution in [0.4, 0.5) is 11.4 Å². The van der Waals surface area contributed by atoms with E-state index in [9.17, 15) is 29.6 Å². The molecule has 0 aromatic heterocycles. The number of non-ortho nitro benzene ring substituents is 1. The molecule has 1 aliphatic rings. The Labute approximate surface area is 198 Å². The fourth-order valence-electron chi connectivity index (χ4n) is 3.81. The number of amides is 1. The summed E-state index contributed by atoms with van der Waals surface area (Å²) in [6.45, 7) is 1.41. The lowest BCUT2D eigenvalue weighted by atomic mass is 9.95. The molecule has 0 spiro atoms. The topological polar surface area (TPSA) is 118 Å². The molecule has 0 unspecified atom stereocenters. The van der Waals surface area contributed by atoms with Gasteiger partial charge in [-0.05, 0) is 73.2 Å². The van der Waals surface area contributed by atoms with E-state index >= 15 is 0 Å². The monoisotopic (exact) mass is 476 g/mol. The molecular weight excluding hydrogens is 460 g/mol. The van der Waals surface area contributed by atoms with Gasteiger partial charge in [0.25, 0.3) is 17.4 Å². The molecule has 9 heteroatoms. The third kappa shape index (κ3) is 4.06. The van der Waals surface area contributed by atoms with E-state index in [4.69, 9.17) is 11.6 Å². The van der Waals surface area contributed by atoms with Crippen molar-refractivity contribution >= 4 is 46.2 Å². The van der Waals surface area contributed by atoms with E-state index in [0.717, 1.165) is 0 Å². The molecule has 0 aliphatic carbocycles. The van der Waals surface area contributed by atoms with Crippen LogP contribution in [-0.2, 0) is 9.59 Å². The largest absolute Gasteiger partial charge is 0.507 e. The maximum atomic E-state index is 13.1. The van der Waals surface area contributed by atoms with Gasteiger partial charge in [0.1, 0.15) is 5.76 Å². The van der Waals surface area contributed by atoms with Crippen LogP contribution in [0.1, 0.15) is 34.5 Å². The van der Waals surface area contributed by atoms with Gasteiger partial charge in [0.15, 0.2) is 5.78 Å². The summed E-state index contributed by atoms with van der Waals surface area (Å²) >= 11 is 5.92. The molecule has 1 heterocycles. The van der Waals surface area contributed by atoms with Gasteiger partial charge in [0, 0.05) is 34.0 Å². The number of benzene rings is 3. The molecule has 0 saturated carbocycles. The highest BCUT2D eigenvalue weighted by atomic mass is 35.5. The van der Waals surface area contributed by atoms with Crippen molar-refractivity contribution in [2.45, 2.75) is 13.0 Å². The van der Waals surface area contributed by atoms with Crippen molar-refractivity contribution in [3.05, 3.63) is 110 Å². The molecule has 8 nitrogen and oxygen atoms in total. The maximum Gasteiger partial charge on any atom is 0.300 e. The molecule has 1 atom stereocenters. The van der Waals surface area contributed by atoms with Crippen LogP contribution in [-0.4, -0.2) is 27.5 Å². The summed E-state index contributed by atoms with van der Waals surface area (Å²) in [6.07, 6.45) is 0. The van der Waals surface area contributed by atoms with Gasteiger partial charge in [0.2, 0.25) is 0 Å². The fourth-order valence-corrected chi connectivity index (χ4v) is 3.94. The van der Waals surface area contributed by atoms with E-state index in [1.807, 2.05) is 0 Å². The lowest BCUT2D eigenvalue weighted by molar-refractivity contribution is -0.384. The van der Waals surface area contributed by atoms with E-state index in [-0.39, 0.29) is 22.6 Å². The minimum Gasteiger partial charge on any atom is -0.507 e. The standard InChI is InChI=1S/C25H17ClN2O6/c1-14(29)15-4-10-19(11-5-15)27-22(16-6-12-20(13-7-16)28(33)34)21(24(31)25(27)32)23(30)17-2-8-18(26)9-3-17/h2-13,22,30H,1H3/t22-/m1/s1. The predicted octanol–water partition coefficient (Wildman–Crippen LogP) is 5.08. The van der Waals surface area contributed by atoms with Crippen molar-refractivity contribution in [1.29, 1.82) is 0 Å². The molecule has 1 aliphatic heterocycles. The molecule has 4 rings (SSSR count). The minimum absolute atomic E-state index is 0.163. The van der Waals surface area contributed by atoms with Crippen LogP contribution in [0, 0.1) is 10.1 Å². The third-order valence-electron chi connectivity index (χ3n) is 5.53. The van der Waals surface area contributed by atoms with Gasteiger partial charge in [0.05, 0.1) is 16.5 Å². The number of rotatable bonds is 5. The summed E-state index contributed by atoms with van der Waals surface area (Å²) in [5, 5.41) is 22.6. The van der Waals surface area contributed by atoms with Crippen molar-refractivity contribution in [2.24, 2.45) is 0 Å². The summed E-state index contributed by atoms with van der Waals surface area (Å²) in [4.78, 5) is 49.6. The van der Waals surface area contributed by atoms with Crippen molar-refractivity contribution in [3.63, 3.8) is 0 Å². The molecule has 3 aromatic rings. The summed E-state index contributed by atoms with van der Waals surface area (Å²) in [6, 6.07) is 16.5. The Morgan fingerprint density at radius 2 is 1.50 bits per heavy atom.